The second-order valence-corrected chi connectivity index (χ2v) is 7.26. The van der Waals surface area contributed by atoms with Crippen molar-refractivity contribution in [2.45, 2.75) is 13.5 Å². The van der Waals surface area contributed by atoms with E-state index in [4.69, 9.17) is 0 Å². The Hall–Kier alpha value is -2.92. The van der Waals surface area contributed by atoms with Crippen molar-refractivity contribution in [3.05, 3.63) is 78.1 Å². The fraction of sp³-hybridized carbons (Fsp3) is 0.304. The average Bonchev–Trinajstić information content (AvgIpc) is 3.22. The molecule has 0 bridgehead atoms. The molecule has 28 heavy (non-hydrogen) atoms. The number of aryl methyl sites for hydroxylation is 1. The number of amides is 1. The van der Waals surface area contributed by atoms with E-state index in [1.807, 2.05) is 66.7 Å². The van der Waals surface area contributed by atoms with Crippen molar-refractivity contribution in [1.29, 1.82) is 0 Å². The van der Waals surface area contributed by atoms with Crippen LogP contribution in [0.5, 0.6) is 0 Å². The number of carbonyl (C=O) groups is 1. The Morgan fingerprint density at radius 2 is 1.64 bits per heavy atom. The van der Waals surface area contributed by atoms with Crippen LogP contribution in [0.3, 0.4) is 0 Å². The van der Waals surface area contributed by atoms with Gasteiger partial charge in [-0.05, 0) is 18.6 Å². The number of aromatic nitrogens is 2. The van der Waals surface area contributed by atoms with Crippen LogP contribution >= 0.6 is 0 Å². The van der Waals surface area contributed by atoms with Crippen LogP contribution in [-0.4, -0.2) is 58.0 Å². The number of piperazine rings is 1. The van der Waals surface area contributed by atoms with Gasteiger partial charge in [0.2, 0.25) is 0 Å². The third-order valence-corrected chi connectivity index (χ3v) is 5.44. The first-order valence-electron chi connectivity index (χ1n) is 9.86. The van der Waals surface area contributed by atoms with E-state index in [1.54, 1.807) is 0 Å². The summed E-state index contributed by atoms with van der Waals surface area (Å²) in [5.41, 5.74) is 3.01. The number of rotatable bonds is 5. The molecule has 0 unspecified atom stereocenters. The first kappa shape index (κ1) is 18.4. The zero-order valence-corrected chi connectivity index (χ0v) is 16.3. The maximum atomic E-state index is 12.8. The number of imidazole rings is 1. The third-order valence-electron chi connectivity index (χ3n) is 5.44. The van der Waals surface area contributed by atoms with E-state index in [2.05, 4.69) is 26.6 Å². The van der Waals surface area contributed by atoms with E-state index in [0.717, 1.165) is 61.8 Å². The van der Waals surface area contributed by atoms with Gasteiger partial charge in [-0.1, -0.05) is 48.5 Å². The van der Waals surface area contributed by atoms with Gasteiger partial charge in [-0.2, -0.15) is 0 Å². The lowest BCUT2D eigenvalue weighted by Crippen LogP contribution is -2.49. The van der Waals surface area contributed by atoms with Gasteiger partial charge in [0.15, 0.2) is 0 Å². The van der Waals surface area contributed by atoms with Crippen LogP contribution in [0.4, 0.5) is 0 Å². The van der Waals surface area contributed by atoms with Gasteiger partial charge in [-0.25, -0.2) is 4.98 Å². The molecule has 144 valence electrons. The first-order chi connectivity index (χ1) is 13.7. The Morgan fingerprint density at radius 3 is 2.39 bits per heavy atom. The molecule has 3 aromatic rings. The minimum Gasteiger partial charge on any atom is -0.336 e. The highest BCUT2D eigenvalue weighted by Crippen LogP contribution is 2.17. The smallest absolute Gasteiger partial charge is 0.254 e. The highest BCUT2D eigenvalue weighted by atomic mass is 16.2. The SMILES string of the molecule is Cc1ccccc1C(=O)N1CCN(CCn2ccnc2-c2ccccc2)CC1. The lowest BCUT2D eigenvalue weighted by atomic mass is 10.1. The lowest BCUT2D eigenvalue weighted by Gasteiger charge is -2.35. The summed E-state index contributed by atoms with van der Waals surface area (Å²) in [5.74, 6) is 1.16. The summed E-state index contributed by atoms with van der Waals surface area (Å²) in [6.07, 6.45) is 3.90. The Kier molecular flexibility index (Phi) is 5.53. The maximum absolute atomic E-state index is 12.8. The molecule has 0 N–H and O–H groups in total. The minimum atomic E-state index is 0.152. The molecule has 2 heterocycles. The van der Waals surface area contributed by atoms with Crippen LogP contribution in [0.25, 0.3) is 11.4 Å². The van der Waals surface area contributed by atoms with Gasteiger partial charge >= 0.3 is 0 Å². The quantitative estimate of drug-likeness (QED) is 0.688. The van der Waals surface area contributed by atoms with Crippen LogP contribution in [0.15, 0.2) is 67.0 Å². The minimum absolute atomic E-state index is 0.152. The van der Waals surface area contributed by atoms with E-state index in [1.165, 1.54) is 0 Å². The number of carbonyl (C=O) groups excluding carboxylic acids is 1. The van der Waals surface area contributed by atoms with Crippen molar-refractivity contribution >= 4 is 5.91 Å². The topological polar surface area (TPSA) is 41.4 Å². The van der Waals surface area contributed by atoms with E-state index in [-0.39, 0.29) is 5.91 Å². The highest BCUT2D eigenvalue weighted by molar-refractivity contribution is 5.95. The fourth-order valence-electron chi connectivity index (χ4n) is 3.74. The van der Waals surface area contributed by atoms with E-state index >= 15 is 0 Å². The molecule has 1 aliphatic rings. The summed E-state index contributed by atoms with van der Waals surface area (Å²) in [7, 11) is 0. The summed E-state index contributed by atoms with van der Waals surface area (Å²) in [6, 6.07) is 18.1. The highest BCUT2D eigenvalue weighted by Gasteiger charge is 2.22. The molecule has 1 amide bonds. The average molecular weight is 374 g/mol. The molecule has 0 saturated carbocycles. The molecular weight excluding hydrogens is 348 g/mol. The van der Waals surface area contributed by atoms with E-state index in [0.29, 0.717) is 0 Å². The summed E-state index contributed by atoms with van der Waals surface area (Å²) in [6.45, 7) is 7.24. The lowest BCUT2D eigenvalue weighted by molar-refractivity contribution is 0.0632. The van der Waals surface area contributed by atoms with Gasteiger partial charge < -0.3 is 9.47 Å². The van der Waals surface area contributed by atoms with Crippen LogP contribution < -0.4 is 0 Å². The molecule has 1 aromatic heterocycles. The third kappa shape index (κ3) is 3.99. The van der Waals surface area contributed by atoms with Crippen LogP contribution in [-0.2, 0) is 6.54 Å². The predicted octanol–water partition coefficient (Wildman–Crippen LogP) is 3.32. The molecule has 0 spiro atoms. The summed E-state index contributed by atoms with van der Waals surface area (Å²) < 4.78 is 2.21. The molecule has 1 fully saturated rings. The molecule has 0 aliphatic carbocycles. The van der Waals surface area contributed by atoms with Gasteiger partial charge in [-0.3, -0.25) is 9.69 Å². The second-order valence-electron chi connectivity index (χ2n) is 7.26. The summed E-state index contributed by atoms with van der Waals surface area (Å²) in [4.78, 5) is 21.7. The van der Waals surface area contributed by atoms with Gasteiger partial charge in [0.05, 0.1) is 0 Å². The van der Waals surface area contributed by atoms with Gasteiger partial charge in [0.1, 0.15) is 5.82 Å². The maximum Gasteiger partial charge on any atom is 0.254 e. The van der Waals surface area contributed by atoms with Crippen molar-refractivity contribution in [2.24, 2.45) is 0 Å². The molecular formula is C23H26N4O. The molecule has 2 aromatic carbocycles. The van der Waals surface area contributed by atoms with Crippen molar-refractivity contribution < 1.29 is 4.79 Å². The second kappa shape index (κ2) is 8.40. The Morgan fingerprint density at radius 1 is 0.929 bits per heavy atom. The number of hydrogen-bond donors (Lipinski definition) is 0. The van der Waals surface area contributed by atoms with Gasteiger partial charge in [0.25, 0.3) is 5.91 Å². The Labute approximate surface area is 166 Å². The summed E-state index contributed by atoms with van der Waals surface area (Å²) in [5, 5.41) is 0. The molecule has 5 heteroatoms. The molecule has 0 radical (unpaired) electrons. The van der Waals surface area contributed by atoms with E-state index in [9.17, 15) is 4.79 Å². The molecule has 1 saturated heterocycles. The number of hydrogen-bond acceptors (Lipinski definition) is 3. The number of benzene rings is 2. The molecule has 4 rings (SSSR count). The summed E-state index contributed by atoms with van der Waals surface area (Å²) >= 11 is 0. The zero-order valence-electron chi connectivity index (χ0n) is 16.3. The fourth-order valence-corrected chi connectivity index (χ4v) is 3.74. The largest absolute Gasteiger partial charge is 0.336 e. The van der Waals surface area contributed by atoms with Crippen molar-refractivity contribution in [3.63, 3.8) is 0 Å². The molecule has 1 aliphatic heterocycles. The van der Waals surface area contributed by atoms with Crippen LogP contribution in [0.1, 0.15) is 15.9 Å². The molecule has 0 atom stereocenters. The van der Waals surface area contributed by atoms with Crippen molar-refractivity contribution in [3.8, 4) is 11.4 Å². The van der Waals surface area contributed by atoms with Crippen molar-refractivity contribution in [1.82, 2.24) is 19.4 Å². The van der Waals surface area contributed by atoms with Gasteiger partial charge in [0, 0.05) is 62.8 Å². The Balaban J connectivity index is 1.32. The standard InChI is InChI=1S/C23H26N4O/c1-19-7-5-6-10-21(19)23(28)27-17-14-25(15-18-27)13-16-26-12-11-24-22(26)20-8-3-2-4-9-20/h2-12H,13-18H2,1H3. The van der Waals surface area contributed by atoms with Gasteiger partial charge in [-0.15, -0.1) is 0 Å². The van der Waals surface area contributed by atoms with Crippen molar-refractivity contribution in [2.75, 3.05) is 32.7 Å². The number of nitrogens with zero attached hydrogens (tertiary/aromatic N) is 4. The molecule has 5 nitrogen and oxygen atoms in total. The zero-order chi connectivity index (χ0) is 19.3. The normalized spacial score (nSPS) is 15.0. The monoisotopic (exact) mass is 374 g/mol. The van der Waals surface area contributed by atoms with E-state index < -0.39 is 0 Å². The first-order valence-corrected chi connectivity index (χ1v) is 9.86. The predicted molar refractivity (Wildman–Crippen MR) is 111 cm³/mol. The van der Waals surface area contributed by atoms with Crippen LogP contribution in [0.2, 0.25) is 0 Å². The Bertz CT molecular complexity index is 927. The van der Waals surface area contributed by atoms with Crippen LogP contribution in [0, 0.1) is 6.92 Å².